The second-order valence-electron chi connectivity index (χ2n) is 4.65. The minimum atomic E-state index is -0.357. The molecule has 98 valence electrons. The van der Waals surface area contributed by atoms with Crippen molar-refractivity contribution in [3.63, 3.8) is 0 Å². The molecule has 1 heterocycles. The van der Waals surface area contributed by atoms with Crippen LogP contribution in [0, 0.1) is 11.7 Å². The van der Waals surface area contributed by atoms with Crippen LogP contribution in [0.15, 0.2) is 24.3 Å². The number of rotatable bonds is 3. The number of carbonyl (C=O) groups excluding carboxylic acids is 1. The maximum Gasteiger partial charge on any atom is 0.324 e. The zero-order valence-corrected chi connectivity index (χ0v) is 10.7. The minimum absolute atomic E-state index is 0.146. The van der Waals surface area contributed by atoms with Crippen molar-refractivity contribution in [2.45, 2.75) is 0 Å². The van der Waals surface area contributed by atoms with Crippen LogP contribution in [0.3, 0.4) is 0 Å². The van der Waals surface area contributed by atoms with Gasteiger partial charge >= 0.3 is 6.03 Å². The average molecular weight is 251 g/mol. The van der Waals surface area contributed by atoms with Gasteiger partial charge in [-0.25, -0.2) is 9.18 Å². The average Bonchev–Trinajstić information content (AvgIpc) is 2.35. The number of anilines is 1. The van der Waals surface area contributed by atoms with Gasteiger partial charge in [-0.3, -0.25) is 4.90 Å². The van der Waals surface area contributed by atoms with Crippen LogP contribution in [0.25, 0.3) is 0 Å². The van der Waals surface area contributed by atoms with Gasteiger partial charge in [0.25, 0.3) is 0 Å². The maximum atomic E-state index is 13.8. The number of carbonyl (C=O) groups is 1. The van der Waals surface area contributed by atoms with E-state index in [2.05, 4.69) is 5.32 Å². The van der Waals surface area contributed by atoms with Crippen LogP contribution >= 0.6 is 0 Å². The van der Waals surface area contributed by atoms with E-state index in [0.29, 0.717) is 24.7 Å². The smallest absolute Gasteiger partial charge is 0.324 e. The second-order valence-corrected chi connectivity index (χ2v) is 4.65. The van der Waals surface area contributed by atoms with Crippen molar-refractivity contribution in [1.82, 2.24) is 10.2 Å². The normalized spacial score (nSPS) is 20.4. The molecule has 0 spiro atoms. The van der Waals surface area contributed by atoms with Crippen LogP contribution in [0.1, 0.15) is 0 Å². The van der Waals surface area contributed by atoms with Gasteiger partial charge in [0, 0.05) is 32.6 Å². The van der Waals surface area contributed by atoms with Crippen molar-refractivity contribution in [2.24, 2.45) is 5.92 Å². The molecule has 2 amide bonds. The molecule has 0 aromatic heterocycles. The molecule has 2 rings (SSSR count). The van der Waals surface area contributed by atoms with E-state index in [1.807, 2.05) is 7.05 Å². The Balaban J connectivity index is 2.24. The van der Waals surface area contributed by atoms with Gasteiger partial charge < -0.3 is 10.2 Å². The van der Waals surface area contributed by atoms with Gasteiger partial charge in [-0.05, 0) is 19.2 Å². The first-order chi connectivity index (χ1) is 8.63. The van der Waals surface area contributed by atoms with Gasteiger partial charge in [0.1, 0.15) is 5.82 Å². The summed E-state index contributed by atoms with van der Waals surface area (Å²) in [6.45, 7) is 2.05. The van der Waals surface area contributed by atoms with E-state index in [0.717, 1.165) is 6.54 Å². The SMILES string of the molecule is CNCC1CN(C)C(=O)N(c2ccccc2F)C1. The molecule has 1 N–H and O–H groups in total. The van der Waals surface area contributed by atoms with Crippen LogP contribution in [-0.4, -0.2) is 44.7 Å². The number of halogens is 1. The van der Waals surface area contributed by atoms with E-state index in [1.165, 1.54) is 11.0 Å². The van der Waals surface area contributed by atoms with Crippen molar-refractivity contribution >= 4 is 11.7 Å². The molecule has 1 aliphatic heterocycles. The van der Waals surface area contributed by atoms with Gasteiger partial charge in [-0.1, -0.05) is 12.1 Å². The summed E-state index contributed by atoms with van der Waals surface area (Å²) in [5.74, 6) is -0.0540. The summed E-state index contributed by atoms with van der Waals surface area (Å²) in [4.78, 5) is 15.2. The fraction of sp³-hybridized carbons (Fsp3) is 0.462. The lowest BCUT2D eigenvalue weighted by Crippen LogP contribution is -2.54. The van der Waals surface area contributed by atoms with Crippen LogP contribution < -0.4 is 10.2 Å². The van der Waals surface area contributed by atoms with Crippen molar-refractivity contribution in [1.29, 1.82) is 0 Å². The summed E-state index contributed by atoms with van der Waals surface area (Å²) in [6.07, 6.45) is 0. The number of urea groups is 1. The number of nitrogens with one attached hydrogen (secondary N) is 1. The summed E-state index contributed by atoms with van der Waals surface area (Å²) in [5, 5.41) is 3.10. The number of hydrogen-bond donors (Lipinski definition) is 1. The molecule has 1 saturated heterocycles. The lowest BCUT2D eigenvalue weighted by molar-refractivity contribution is 0.192. The largest absolute Gasteiger partial charge is 0.327 e. The summed E-state index contributed by atoms with van der Waals surface area (Å²) in [5.41, 5.74) is 0.357. The molecular formula is C13H18FN3O. The highest BCUT2D eigenvalue weighted by molar-refractivity contribution is 5.92. The van der Waals surface area contributed by atoms with E-state index < -0.39 is 0 Å². The molecule has 0 bridgehead atoms. The summed E-state index contributed by atoms with van der Waals surface area (Å²) < 4.78 is 13.8. The quantitative estimate of drug-likeness (QED) is 0.884. The van der Waals surface area contributed by atoms with Crippen molar-refractivity contribution in [3.8, 4) is 0 Å². The molecule has 0 aliphatic carbocycles. The highest BCUT2D eigenvalue weighted by Crippen LogP contribution is 2.24. The highest BCUT2D eigenvalue weighted by Gasteiger charge is 2.31. The molecule has 1 fully saturated rings. The Morgan fingerprint density at radius 3 is 2.78 bits per heavy atom. The minimum Gasteiger partial charge on any atom is -0.327 e. The first-order valence-electron chi connectivity index (χ1n) is 6.05. The lowest BCUT2D eigenvalue weighted by Gasteiger charge is -2.38. The molecule has 1 aromatic carbocycles. The van der Waals surface area contributed by atoms with Crippen LogP contribution in [0.5, 0.6) is 0 Å². The predicted molar refractivity (Wildman–Crippen MR) is 69.2 cm³/mol. The van der Waals surface area contributed by atoms with Crippen molar-refractivity contribution in [3.05, 3.63) is 30.1 Å². The molecule has 1 aromatic rings. The predicted octanol–water partition coefficient (Wildman–Crippen LogP) is 1.53. The molecule has 5 heteroatoms. The number of benzene rings is 1. The summed E-state index contributed by atoms with van der Waals surface area (Å²) in [7, 11) is 3.63. The third-order valence-electron chi connectivity index (χ3n) is 3.17. The molecule has 1 aliphatic rings. The third-order valence-corrected chi connectivity index (χ3v) is 3.17. The number of nitrogens with zero attached hydrogens (tertiary/aromatic N) is 2. The van der Waals surface area contributed by atoms with Crippen molar-refractivity contribution in [2.75, 3.05) is 38.6 Å². The molecule has 1 atom stereocenters. The Kier molecular flexibility index (Phi) is 3.81. The van der Waals surface area contributed by atoms with Crippen LogP contribution in [0.2, 0.25) is 0 Å². The van der Waals surface area contributed by atoms with Crippen molar-refractivity contribution < 1.29 is 9.18 Å². The van der Waals surface area contributed by atoms with Crippen LogP contribution in [0.4, 0.5) is 14.9 Å². The van der Waals surface area contributed by atoms with E-state index >= 15 is 0 Å². The summed E-state index contributed by atoms with van der Waals surface area (Å²) in [6, 6.07) is 6.25. The molecule has 0 saturated carbocycles. The molecular weight excluding hydrogens is 233 g/mol. The topological polar surface area (TPSA) is 35.6 Å². The zero-order chi connectivity index (χ0) is 13.1. The standard InChI is InChI=1S/C13H18FN3O/c1-15-7-10-8-16(2)13(18)17(9-10)12-6-4-3-5-11(12)14/h3-6,10,15H,7-9H2,1-2H3. The highest BCUT2D eigenvalue weighted by atomic mass is 19.1. The summed E-state index contributed by atoms with van der Waals surface area (Å²) >= 11 is 0. The van der Waals surface area contributed by atoms with Crippen LogP contribution in [-0.2, 0) is 0 Å². The van der Waals surface area contributed by atoms with E-state index in [4.69, 9.17) is 0 Å². The molecule has 18 heavy (non-hydrogen) atoms. The first-order valence-corrected chi connectivity index (χ1v) is 6.05. The van der Waals surface area contributed by atoms with Gasteiger partial charge in [0.2, 0.25) is 0 Å². The Labute approximate surface area is 106 Å². The molecule has 0 radical (unpaired) electrons. The molecule has 4 nitrogen and oxygen atoms in total. The van der Waals surface area contributed by atoms with Gasteiger partial charge in [0.05, 0.1) is 5.69 Å². The molecule has 1 unspecified atom stereocenters. The Hall–Kier alpha value is -1.62. The second kappa shape index (κ2) is 5.35. The van der Waals surface area contributed by atoms with Gasteiger partial charge in [-0.2, -0.15) is 0 Å². The Morgan fingerprint density at radius 1 is 1.39 bits per heavy atom. The zero-order valence-electron chi connectivity index (χ0n) is 10.7. The van der Waals surface area contributed by atoms with E-state index in [1.54, 1.807) is 30.1 Å². The first kappa shape index (κ1) is 12.8. The van der Waals surface area contributed by atoms with E-state index in [9.17, 15) is 9.18 Å². The number of hydrogen-bond acceptors (Lipinski definition) is 2. The lowest BCUT2D eigenvalue weighted by atomic mass is 10.1. The third kappa shape index (κ3) is 2.46. The maximum absolute atomic E-state index is 13.8. The van der Waals surface area contributed by atoms with E-state index in [-0.39, 0.29) is 11.8 Å². The fourth-order valence-corrected chi connectivity index (χ4v) is 2.36. The fourth-order valence-electron chi connectivity index (χ4n) is 2.36. The Bertz CT molecular complexity index is 438. The number of para-hydroxylation sites is 1. The number of amides is 2. The van der Waals surface area contributed by atoms with Gasteiger partial charge in [-0.15, -0.1) is 0 Å². The van der Waals surface area contributed by atoms with Gasteiger partial charge in [0.15, 0.2) is 0 Å². The monoisotopic (exact) mass is 251 g/mol. The Morgan fingerprint density at radius 2 is 2.11 bits per heavy atom.